The van der Waals surface area contributed by atoms with Crippen LogP contribution in [0.4, 0.5) is 0 Å². The molecule has 0 bridgehead atoms. The second-order valence-electron chi connectivity index (χ2n) is 4.41. The van der Waals surface area contributed by atoms with Crippen LogP contribution in [0.3, 0.4) is 0 Å². The van der Waals surface area contributed by atoms with Crippen LogP contribution in [0, 0.1) is 0 Å². The van der Waals surface area contributed by atoms with E-state index in [2.05, 4.69) is 6.58 Å². The average Bonchev–Trinajstić information content (AvgIpc) is 2.28. The minimum Gasteiger partial charge on any atom is -0.513 e. The number of sulfone groups is 1. The number of aliphatic hydroxyl groups excluding tert-OH is 1. The van der Waals surface area contributed by atoms with Crippen LogP contribution in [0.5, 0.6) is 0 Å². The van der Waals surface area contributed by atoms with Crippen molar-refractivity contribution in [2.45, 2.75) is 30.4 Å². The van der Waals surface area contributed by atoms with Crippen molar-refractivity contribution in [3.8, 4) is 0 Å². The van der Waals surface area contributed by atoms with Gasteiger partial charge in [-0.2, -0.15) is 0 Å². The lowest BCUT2D eigenvalue weighted by Crippen LogP contribution is -2.20. The first-order valence-electron chi connectivity index (χ1n) is 5.64. The lowest BCUT2D eigenvalue weighted by atomic mass is 10.2. The molecule has 4 heteroatoms. The Labute approximate surface area is 108 Å². The molecule has 1 aromatic carbocycles. The van der Waals surface area contributed by atoms with Crippen molar-refractivity contribution in [1.82, 2.24) is 0 Å². The highest BCUT2D eigenvalue weighted by Crippen LogP contribution is 2.22. The van der Waals surface area contributed by atoms with Crippen molar-refractivity contribution in [3.05, 3.63) is 54.3 Å². The second kappa shape index (κ2) is 5.87. The Kier molecular flexibility index (Phi) is 4.73. The lowest BCUT2D eigenvalue weighted by molar-refractivity contribution is 0.391. The van der Waals surface area contributed by atoms with E-state index in [0.717, 1.165) is 5.57 Å². The zero-order valence-corrected chi connectivity index (χ0v) is 11.4. The van der Waals surface area contributed by atoms with E-state index >= 15 is 0 Å². The number of aliphatic hydroxyl groups is 1. The molecule has 18 heavy (non-hydrogen) atoms. The van der Waals surface area contributed by atoms with Gasteiger partial charge in [0.05, 0.1) is 15.9 Å². The highest BCUT2D eigenvalue weighted by molar-refractivity contribution is 7.92. The Bertz CT molecular complexity index is 538. The summed E-state index contributed by atoms with van der Waals surface area (Å²) >= 11 is 0. The topological polar surface area (TPSA) is 54.4 Å². The third-order valence-electron chi connectivity index (χ3n) is 2.43. The van der Waals surface area contributed by atoms with Gasteiger partial charge in [-0.3, -0.25) is 0 Å². The summed E-state index contributed by atoms with van der Waals surface area (Å²) in [6.07, 6.45) is 1.66. The molecule has 3 nitrogen and oxygen atoms in total. The fourth-order valence-corrected chi connectivity index (χ4v) is 3.40. The van der Waals surface area contributed by atoms with Gasteiger partial charge in [0.1, 0.15) is 0 Å². The van der Waals surface area contributed by atoms with Gasteiger partial charge >= 0.3 is 0 Å². The second-order valence-corrected chi connectivity index (χ2v) is 6.58. The third kappa shape index (κ3) is 3.74. The molecule has 1 aromatic rings. The summed E-state index contributed by atoms with van der Waals surface area (Å²) in [6, 6.07) is 8.24. The molecule has 0 fully saturated rings. The molecule has 0 saturated carbocycles. The van der Waals surface area contributed by atoms with E-state index in [9.17, 15) is 13.5 Å². The zero-order valence-electron chi connectivity index (χ0n) is 10.6. The molecule has 0 aliphatic carbocycles. The Morgan fingerprint density at radius 3 is 2.33 bits per heavy atom. The van der Waals surface area contributed by atoms with Crippen LogP contribution in [-0.2, 0) is 9.84 Å². The van der Waals surface area contributed by atoms with Gasteiger partial charge < -0.3 is 5.11 Å². The average molecular weight is 266 g/mol. The fraction of sp³-hybridized carbons (Fsp3) is 0.286. The van der Waals surface area contributed by atoms with Gasteiger partial charge in [-0.1, -0.05) is 36.4 Å². The molecule has 0 spiro atoms. The molecule has 1 unspecified atom stereocenters. The molecule has 1 N–H and O–H groups in total. The van der Waals surface area contributed by atoms with Gasteiger partial charge in [0.2, 0.25) is 0 Å². The Hall–Kier alpha value is -1.55. The van der Waals surface area contributed by atoms with Crippen molar-refractivity contribution in [2.24, 2.45) is 0 Å². The van der Waals surface area contributed by atoms with E-state index in [1.54, 1.807) is 36.4 Å². The van der Waals surface area contributed by atoms with E-state index in [1.807, 2.05) is 13.8 Å². The zero-order chi connectivity index (χ0) is 13.8. The standard InChI is InChI=1S/C14H18O3S/c1-11(2)9-14(10-12(3)15)18(16,17)13-7-5-4-6-8-13/h4-9,14-15H,3,10H2,1-2H3. The third-order valence-corrected chi connectivity index (χ3v) is 4.46. The monoisotopic (exact) mass is 266 g/mol. The van der Waals surface area contributed by atoms with Gasteiger partial charge in [0.15, 0.2) is 9.84 Å². The van der Waals surface area contributed by atoms with E-state index < -0.39 is 15.1 Å². The molecule has 1 rings (SSSR count). The molecule has 0 amide bonds. The maximum Gasteiger partial charge on any atom is 0.185 e. The van der Waals surface area contributed by atoms with Crippen molar-refractivity contribution in [2.75, 3.05) is 0 Å². The molecule has 0 heterocycles. The molecule has 0 aliphatic rings. The highest BCUT2D eigenvalue weighted by Gasteiger charge is 2.25. The SMILES string of the molecule is C=C(O)CC(C=C(C)C)S(=O)(=O)c1ccccc1. The van der Waals surface area contributed by atoms with Crippen LogP contribution < -0.4 is 0 Å². The predicted molar refractivity (Wildman–Crippen MR) is 73.2 cm³/mol. The number of allylic oxidation sites excluding steroid dienone is 2. The van der Waals surface area contributed by atoms with Gasteiger partial charge in [0.25, 0.3) is 0 Å². The van der Waals surface area contributed by atoms with Crippen LogP contribution >= 0.6 is 0 Å². The molecule has 0 aliphatic heterocycles. The Balaban J connectivity index is 3.20. The number of hydrogen-bond donors (Lipinski definition) is 1. The first-order chi connectivity index (χ1) is 8.34. The smallest absolute Gasteiger partial charge is 0.185 e. The molecule has 0 saturated heterocycles. The van der Waals surface area contributed by atoms with Gasteiger partial charge in [-0.25, -0.2) is 8.42 Å². The minimum absolute atomic E-state index is 0.0163. The normalized spacial score (nSPS) is 12.8. The van der Waals surface area contributed by atoms with E-state index in [0.29, 0.717) is 0 Å². The van der Waals surface area contributed by atoms with Gasteiger partial charge in [-0.05, 0) is 26.0 Å². The van der Waals surface area contributed by atoms with E-state index in [-0.39, 0.29) is 17.1 Å². The summed E-state index contributed by atoms with van der Waals surface area (Å²) in [5.74, 6) is -0.128. The van der Waals surface area contributed by atoms with Gasteiger partial charge in [0, 0.05) is 6.42 Å². The molecular weight excluding hydrogens is 248 g/mol. The van der Waals surface area contributed by atoms with E-state index in [1.165, 1.54) is 0 Å². The number of rotatable bonds is 5. The highest BCUT2D eigenvalue weighted by atomic mass is 32.2. The molecule has 98 valence electrons. The van der Waals surface area contributed by atoms with Crippen molar-refractivity contribution in [1.29, 1.82) is 0 Å². The summed E-state index contributed by atoms with van der Waals surface area (Å²) in [5.41, 5.74) is 0.890. The Morgan fingerprint density at radius 1 is 1.33 bits per heavy atom. The molecule has 0 radical (unpaired) electrons. The van der Waals surface area contributed by atoms with E-state index in [4.69, 9.17) is 0 Å². The summed E-state index contributed by atoms with van der Waals surface area (Å²) in [6.45, 7) is 7.03. The summed E-state index contributed by atoms with van der Waals surface area (Å²) in [7, 11) is -3.49. The van der Waals surface area contributed by atoms with Crippen LogP contribution in [0.25, 0.3) is 0 Å². The molecule has 1 atom stereocenters. The maximum absolute atomic E-state index is 12.4. The molecule has 0 aromatic heterocycles. The fourth-order valence-electron chi connectivity index (χ4n) is 1.65. The minimum atomic E-state index is -3.49. The quantitative estimate of drug-likeness (QED) is 0.657. The summed E-state index contributed by atoms with van der Waals surface area (Å²) < 4.78 is 24.8. The summed E-state index contributed by atoms with van der Waals surface area (Å²) in [5, 5.41) is 8.48. The number of benzene rings is 1. The van der Waals surface area contributed by atoms with Crippen LogP contribution in [0.1, 0.15) is 20.3 Å². The van der Waals surface area contributed by atoms with Crippen molar-refractivity contribution < 1.29 is 13.5 Å². The van der Waals surface area contributed by atoms with Crippen LogP contribution in [0.15, 0.2) is 59.2 Å². The largest absolute Gasteiger partial charge is 0.513 e. The van der Waals surface area contributed by atoms with Crippen LogP contribution in [0.2, 0.25) is 0 Å². The predicted octanol–water partition coefficient (Wildman–Crippen LogP) is 3.26. The lowest BCUT2D eigenvalue weighted by Gasteiger charge is -2.14. The first kappa shape index (κ1) is 14.5. The van der Waals surface area contributed by atoms with Gasteiger partial charge in [-0.15, -0.1) is 0 Å². The van der Waals surface area contributed by atoms with Crippen LogP contribution in [-0.4, -0.2) is 18.8 Å². The molecular formula is C14H18O3S. The van der Waals surface area contributed by atoms with Crippen molar-refractivity contribution in [3.63, 3.8) is 0 Å². The Morgan fingerprint density at radius 2 is 1.89 bits per heavy atom. The first-order valence-corrected chi connectivity index (χ1v) is 7.19. The maximum atomic E-state index is 12.4. The number of hydrogen-bond acceptors (Lipinski definition) is 3. The van der Waals surface area contributed by atoms with Crippen molar-refractivity contribution >= 4 is 9.84 Å². The summed E-state index contributed by atoms with van der Waals surface area (Å²) in [4.78, 5) is 0.258.